The van der Waals surface area contributed by atoms with Crippen LogP contribution in [0, 0.1) is 5.92 Å². The molecule has 1 aliphatic rings. The molecule has 1 atom stereocenters. The second kappa shape index (κ2) is 13.1. The van der Waals surface area contributed by atoms with Crippen LogP contribution in [0.5, 0.6) is 0 Å². The number of benzene rings is 1. The largest absolute Gasteiger partial charge is 1.00 e. The van der Waals surface area contributed by atoms with Gasteiger partial charge in [-0.15, -0.1) is 0 Å². The molecule has 0 radical (unpaired) electrons. The van der Waals surface area contributed by atoms with Crippen LogP contribution in [-0.4, -0.2) is 32.5 Å². The first-order chi connectivity index (χ1) is 11.8. The van der Waals surface area contributed by atoms with E-state index in [1.807, 2.05) is 36.4 Å². The van der Waals surface area contributed by atoms with Crippen molar-refractivity contribution >= 4 is 6.09 Å². The molecule has 0 spiro atoms. The number of hydrogen-bond donors (Lipinski definition) is 0. The summed E-state index contributed by atoms with van der Waals surface area (Å²) in [5, 5.41) is 4.13. The van der Waals surface area contributed by atoms with Crippen molar-refractivity contribution in [2.45, 2.75) is 44.6 Å². The molecule has 4 nitrogen and oxygen atoms in total. The summed E-state index contributed by atoms with van der Waals surface area (Å²) >= 11 is 0. The predicted octanol–water partition coefficient (Wildman–Crippen LogP) is 1.89. The van der Waals surface area contributed by atoms with Crippen molar-refractivity contribution in [3.05, 3.63) is 53.4 Å². The van der Waals surface area contributed by atoms with Gasteiger partial charge in [-0.05, 0) is 30.7 Å². The summed E-state index contributed by atoms with van der Waals surface area (Å²) in [5.41, 5.74) is 1.13. The molecule has 1 aromatic carbocycles. The van der Waals surface area contributed by atoms with Crippen LogP contribution in [0.25, 0.3) is 5.32 Å². The molecule has 0 N–H and O–H groups in total. The fourth-order valence-corrected chi connectivity index (χ4v) is 3.10. The Balaban J connectivity index is 0.00000312. The van der Waals surface area contributed by atoms with Gasteiger partial charge in [0.15, 0.2) is 0 Å². The van der Waals surface area contributed by atoms with Crippen LogP contribution < -0.4 is 18.9 Å². The SMILES string of the molecule is COC[C@H](Cc1ccccc1)[N-]C(=O)OC/C=C/C1CCCCC1.[Li+]. The van der Waals surface area contributed by atoms with Gasteiger partial charge < -0.3 is 14.8 Å². The van der Waals surface area contributed by atoms with Gasteiger partial charge in [0.25, 0.3) is 0 Å². The van der Waals surface area contributed by atoms with Crippen molar-refractivity contribution < 1.29 is 33.1 Å². The first-order valence-corrected chi connectivity index (χ1v) is 8.85. The minimum Gasteiger partial charge on any atom is -0.613 e. The van der Waals surface area contributed by atoms with Gasteiger partial charge in [-0.25, -0.2) is 0 Å². The number of amides is 1. The summed E-state index contributed by atoms with van der Waals surface area (Å²) in [7, 11) is 1.62. The molecule has 0 bridgehead atoms. The number of allylic oxidation sites excluding steroid dienone is 1. The molecule has 0 unspecified atom stereocenters. The average molecular weight is 337 g/mol. The summed E-state index contributed by atoms with van der Waals surface area (Å²) < 4.78 is 10.4. The van der Waals surface area contributed by atoms with Crippen molar-refractivity contribution in [3.8, 4) is 0 Å². The second-order valence-corrected chi connectivity index (χ2v) is 6.33. The Labute approximate surface area is 163 Å². The molecule has 132 valence electrons. The van der Waals surface area contributed by atoms with E-state index >= 15 is 0 Å². The Bertz CT molecular complexity index is 501. The summed E-state index contributed by atoms with van der Waals surface area (Å²) in [6, 6.07) is 9.76. The molecule has 1 aromatic rings. The van der Waals surface area contributed by atoms with Gasteiger partial charge >= 0.3 is 18.9 Å². The molecule has 25 heavy (non-hydrogen) atoms. The maximum Gasteiger partial charge on any atom is 1.00 e. The Kier molecular flexibility index (Phi) is 11.4. The predicted molar refractivity (Wildman–Crippen MR) is 96.2 cm³/mol. The molecule has 1 saturated carbocycles. The van der Waals surface area contributed by atoms with Gasteiger partial charge in [0.2, 0.25) is 6.09 Å². The van der Waals surface area contributed by atoms with Crippen molar-refractivity contribution in [3.63, 3.8) is 0 Å². The third-order valence-electron chi connectivity index (χ3n) is 4.32. The molecule has 0 aromatic heterocycles. The fourth-order valence-electron chi connectivity index (χ4n) is 3.10. The number of methoxy groups -OCH3 is 1. The zero-order valence-corrected chi connectivity index (χ0v) is 15.5. The van der Waals surface area contributed by atoms with Gasteiger partial charge in [-0.1, -0.05) is 67.8 Å². The van der Waals surface area contributed by atoms with E-state index in [0.717, 1.165) is 5.56 Å². The quantitative estimate of drug-likeness (QED) is 0.538. The molecule has 1 aliphatic carbocycles. The molecule has 0 aliphatic heterocycles. The van der Waals surface area contributed by atoms with Crippen LogP contribution in [0.3, 0.4) is 0 Å². The zero-order valence-electron chi connectivity index (χ0n) is 15.5. The molecule has 0 heterocycles. The second-order valence-electron chi connectivity index (χ2n) is 6.33. The van der Waals surface area contributed by atoms with Crippen molar-refractivity contribution in [1.82, 2.24) is 0 Å². The first-order valence-electron chi connectivity index (χ1n) is 8.85. The maximum absolute atomic E-state index is 11.9. The Morgan fingerprint density at radius 1 is 1.24 bits per heavy atom. The third-order valence-corrected chi connectivity index (χ3v) is 4.32. The van der Waals surface area contributed by atoms with Gasteiger partial charge in [0, 0.05) is 13.7 Å². The van der Waals surface area contributed by atoms with Crippen LogP contribution in [0.1, 0.15) is 37.7 Å². The van der Waals surface area contributed by atoms with Gasteiger partial charge in [0.05, 0.1) is 0 Å². The van der Waals surface area contributed by atoms with E-state index in [4.69, 9.17) is 9.47 Å². The normalized spacial score (nSPS) is 16.2. The van der Waals surface area contributed by atoms with Crippen LogP contribution in [-0.2, 0) is 15.9 Å². The molecule has 2 rings (SSSR count). The van der Waals surface area contributed by atoms with Crippen molar-refractivity contribution in [2.24, 2.45) is 5.92 Å². The standard InChI is InChI=1S/C20H29NO3.Li/c1-23-16-19(15-18-11-6-3-7-12-18)21-20(22)24-14-8-13-17-9-4-2-5-10-17;/h3,6-8,11-13,17,19H,2,4-5,9-10,14-16H2,1H3,(H,21,22);/q;+1/p-1/b13-8+;/t19-;/m0./s1. The maximum atomic E-state index is 11.9. The van der Waals surface area contributed by atoms with E-state index in [0.29, 0.717) is 25.6 Å². The topological polar surface area (TPSA) is 49.6 Å². The monoisotopic (exact) mass is 337 g/mol. The van der Waals surface area contributed by atoms with E-state index < -0.39 is 6.09 Å². The van der Waals surface area contributed by atoms with Crippen LogP contribution in [0.4, 0.5) is 4.79 Å². The van der Waals surface area contributed by atoms with E-state index in [-0.39, 0.29) is 24.9 Å². The summed E-state index contributed by atoms with van der Waals surface area (Å²) in [4.78, 5) is 11.9. The van der Waals surface area contributed by atoms with Gasteiger partial charge in [-0.3, -0.25) is 4.79 Å². The van der Waals surface area contributed by atoms with E-state index in [1.165, 1.54) is 32.1 Å². The molecule has 1 amide bonds. The minimum atomic E-state index is -0.513. The van der Waals surface area contributed by atoms with Crippen LogP contribution in [0.15, 0.2) is 42.5 Å². The number of ether oxygens (including phenoxy) is 2. The van der Waals surface area contributed by atoms with E-state index in [2.05, 4.69) is 11.4 Å². The fraction of sp³-hybridized carbons (Fsp3) is 0.550. The number of hydrogen-bond acceptors (Lipinski definition) is 3. The van der Waals surface area contributed by atoms with Crippen molar-refractivity contribution in [1.29, 1.82) is 0 Å². The third kappa shape index (κ3) is 9.16. The van der Waals surface area contributed by atoms with Gasteiger partial charge in [0.1, 0.15) is 6.61 Å². The average Bonchev–Trinajstić information content (AvgIpc) is 2.61. The molecule has 1 fully saturated rings. The molecule has 5 heteroatoms. The summed E-state index contributed by atoms with van der Waals surface area (Å²) in [6.45, 7) is 0.700. The Morgan fingerprint density at radius 3 is 2.64 bits per heavy atom. The van der Waals surface area contributed by atoms with Crippen molar-refractivity contribution in [2.75, 3.05) is 20.3 Å². The molecule has 0 saturated heterocycles. The van der Waals surface area contributed by atoms with E-state index in [1.54, 1.807) is 7.11 Å². The Hall–Kier alpha value is -1.21. The minimum absolute atomic E-state index is 0. The molecular formula is C20H28LiNO3. The zero-order chi connectivity index (χ0) is 17.0. The number of nitrogens with zero attached hydrogens (tertiary/aromatic N) is 1. The van der Waals surface area contributed by atoms with Crippen LogP contribution in [0.2, 0.25) is 0 Å². The number of rotatable bonds is 8. The van der Waals surface area contributed by atoms with Crippen LogP contribution >= 0.6 is 0 Å². The van der Waals surface area contributed by atoms with Gasteiger partial charge in [-0.2, -0.15) is 0 Å². The summed E-state index contributed by atoms with van der Waals surface area (Å²) in [5.74, 6) is 0.647. The Morgan fingerprint density at radius 2 is 1.96 bits per heavy atom. The smallest absolute Gasteiger partial charge is 0.613 e. The number of carbonyl (C=O) groups excluding carboxylic acids is 1. The first kappa shape index (κ1) is 21.8. The number of carbonyl (C=O) groups is 1. The molecular weight excluding hydrogens is 309 g/mol. The summed E-state index contributed by atoms with van der Waals surface area (Å²) in [6.07, 6.45) is 10.8. The van der Waals surface area contributed by atoms with E-state index in [9.17, 15) is 4.79 Å².